The third kappa shape index (κ3) is 2.98. The van der Waals surface area contributed by atoms with Crippen LogP contribution in [0.2, 0.25) is 0 Å². The highest BCUT2D eigenvalue weighted by Gasteiger charge is 2.30. The average molecular weight is 291 g/mol. The van der Waals surface area contributed by atoms with Crippen molar-refractivity contribution in [2.24, 2.45) is 7.05 Å². The number of morpholine rings is 1. The van der Waals surface area contributed by atoms with E-state index in [9.17, 15) is 0 Å². The highest BCUT2D eigenvalue weighted by Crippen LogP contribution is 2.25. The molecular weight excluding hydrogens is 270 g/mol. The maximum absolute atomic E-state index is 5.59. The minimum Gasteiger partial charge on any atom is -0.378 e. The molecule has 0 N–H and O–H groups in total. The van der Waals surface area contributed by atoms with Gasteiger partial charge in [0.05, 0.1) is 18.9 Å². The standard InChI is InChI=1S/C14H21N5O2/c1-4-12-11(7-18(3)16-12)8-19-5-6-20-9-13(19)14-15-10(2)17-21-14/h7,13H,4-6,8-9H2,1-3H3. The Morgan fingerprint density at radius 2 is 2.29 bits per heavy atom. The van der Waals surface area contributed by atoms with Gasteiger partial charge < -0.3 is 9.26 Å². The van der Waals surface area contributed by atoms with Crippen LogP contribution in [0.25, 0.3) is 0 Å². The molecule has 3 heterocycles. The molecule has 1 unspecified atom stereocenters. The van der Waals surface area contributed by atoms with Crippen LogP contribution in [0, 0.1) is 6.92 Å². The number of rotatable bonds is 4. The summed E-state index contributed by atoms with van der Waals surface area (Å²) >= 11 is 0. The Labute approximate surface area is 123 Å². The van der Waals surface area contributed by atoms with Gasteiger partial charge in [-0.15, -0.1) is 0 Å². The average Bonchev–Trinajstić information content (AvgIpc) is 3.05. The lowest BCUT2D eigenvalue weighted by Crippen LogP contribution is -2.39. The van der Waals surface area contributed by atoms with Crippen LogP contribution in [0.1, 0.15) is 35.9 Å². The second-order valence-electron chi connectivity index (χ2n) is 5.37. The largest absolute Gasteiger partial charge is 0.378 e. The lowest BCUT2D eigenvalue weighted by atomic mass is 10.1. The Morgan fingerprint density at radius 1 is 1.43 bits per heavy atom. The fourth-order valence-corrected chi connectivity index (χ4v) is 2.74. The number of ether oxygens (including phenoxy) is 1. The second-order valence-corrected chi connectivity index (χ2v) is 5.37. The van der Waals surface area contributed by atoms with Crippen LogP contribution >= 0.6 is 0 Å². The predicted octanol–water partition coefficient (Wildman–Crippen LogP) is 1.25. The molecular formula is C14H21N5O2. The van der Waals surface area contributed by atoms with Gasteiger partial charge in [-0.1, -0.05) is 12.1 Å². The first-order valence-corrected chi connectivity index (χ1v) is 7.30. The van der Waals surface area contributed by atoms with E-state index in [-0.39, 0.29) is 6.04 Å². The molecule has 3 rings (SSSR count). The lowest BCUT2D eigenvalue weighted by Gasteiger charge is -2.33. The van der Waals surface area contributed by atoms with E-state index in [1.807, 2.05) is 18.7 Å². The summed E-state index contributed by atoms with van der Waals surface area (Å²) < 4.78 is 12.8. The normalized spacial score (nSPS) is 20.0. The molecule has 0 radical (unpaired) electrons. The molecule has 0 aromatic carbocycles. The quantitative estimate of drug-likeness (QED) is 0.844. The first kappa shape index (κ1) is 14.2. The Hall–Kier alpha value is -1.73. The smallest absolute Gasteiger partial charge is 0.246 e. The summed E-state index contributed by atoms with van der Waals surface area (Å²) in [5.74, 6) is 1.29. The number of aromatic nitrogens is 4. The van der Waals surface area contributed by atoms with E-state index >= 15 is 0 Å². The fraction of sp³-hybridized carbons (Fsp3) is 0.643. The molecule has 0 saturated carbocycles. The maximum Gasteiger partial charge on any atom is 0.246 e. The SMILES string of the molecule is CCc1nn(C)cc1CN1CCOCC1c1nc(C)no1. The van der Waals surface area contributed by atoms with Crippen molar-refractivity contribution < 1.29 is 9.26 Å². The van der Waals surface area contributed by atoms with Gasteiger partial charge in [-0.25, -0.2) is 0 Å². The van der Waals surface area contributed by atoms with Gasteiger partial charge in [-0.2, -0.15) is 10.1 Å². The van der Waals surface area contributed by atoms with Crippen LogP contribution in [0.3, 0.4) is 0 Å². The third-order valence-corrected chi connectivity index (χ3v) is 3.77. The van der Waals surface area contributed by atoms with E-state index in [0.717, 1.165) is 31.8 Å². The second kappa shape index (κ2) is 5.95. The van der Waals surface area contributed by atoms with Crippen LogP contribution in [0.4, 0.5) is 0 Å². The number of hydrogen-bond acceptors (Lipinski definition) is 6. The molecule has 7 nitrogen and oxygen atoms in total. The molecule has 0 bridgehead atoms. The predicted molar refractivity (Wildman–Crippen MR) is 75.6 cm³/mol. The molecule has 0 spiro atoms. The van der Waals surface area contributed by atoms with Crippen LogP contribution in [0.5, 0.6) is 0 Å². The topological polar surface area (TPSA) is 69.2 Å². The first-order valence-electron chi connectivity index (χ1n) is 7.30. The van der Waals surface area contributed by atoms with Gasteiger partial charge in [-0.05, 0) is 13.3 Å². The number of hydrogen-bond donors (Lipinski definition) is 0. The summed E-state index contributed by atoms with van der Waals surface area (Å²) in [5.41, 5.74) is 2.40. The minimum absolute atomic E-state index is 0.0184. The molecule has 7 heteroatoms. The van der Waals surface area contributed by atoms with Gasteiger partial charge >= 0.3 is 0 Å². The zero-order chi connectivity index (χ0) is 14.8. The van der Waals surface area contributed by atoms with E-state index in [4.69, 9.17) is 9.26 Å². The Morgan fingerprint density at radius 3 is 3.00 bits per heavy atom. The van der Waals surface area contributed by atoms with Crippen molar-refractivity contribution in [3.63, 3.8) is 0 Å². The molecule has 0 aliphatic carbocycles. The summed E-state index contributed by atoms with van der Waals surface area (Å²) in [4.78, 5) is 6.68. The van der Waals surface area contributed by atoms with E-state index < -0.39 is 0 Å². The molecule has 2 aromatic rings. The third-order valence-electron chi connectivity index (χ3n) is 3.77. The van der Waals surface area contributed by atoms with Gasteiger partial charge in [-0.3, -0.25) is 9.58 Å². The molecule has 1 saturated heterocycles. The molecule has 1 aliphatic rings. The van der Waals surface area contributed by atoms with E-state index in [2.05, 4.69) is 33.3 Å². The highest BCUT2D eigenvalue weighted by atomic mass is 16.5. The lowest BCUT2D eigenvalue weighted by molar-refractivity contribution is -0.0242. The van der Waals surface area contributed by atoms with Crippen LogP contribution in [-0.4, -0.2) is 44.6 Å². The Bertz CT molecular complexity index is 606. The zero-order valence-electron chi connectivity index (χ0n) is 12.7. The molecule has 1 atom stereocenters. The van der Waals surface area contributed by atoms with Crippen LogP contribution in [-0.2, 0) is 24.8 Å². The van der Waals surface area contributed by atoms with Crippen molar-refractivity contribution in [2.45, 2.75) is 32.9 Å². The molecule has 1 fully saturated rings. The van der Waals surface area contributed by atoms with Crippen LogP contribution < -0.4 is 0 Å². The van der Waals surface area contributed by atoms with Crippen molar-refractivity contribution in [1.82, 2.24) is 24.8 Å². The van der Waals surface area contributed by atoms with E-state index in [1.54, 1.807) is 0 Å². The number of aryl methyl sites for hydroxylation is 3. The van der Waals surface area contributed by atoms with Crippen molar-refractivity contribution in [3.05, 3.63) is 29.2 Å². The highest BCUT2D eigenvalue weighted by molar-refractivity contribution is 5.17. The zero-order valence-corrected chi connectivity index (χ0v) is 12.7. The first-order chi connectivity index (χ1) is 10.2. The summed E-state index contributed by atoms with van der Waals surface area (Å²) in [6, 6.07) is 0.0184. The van der Waals surface area contributed by atoms with Gasteiger partial charge in [0, 0.05) is 31.9 Å². The minimum atomic E-state index is 0.0184. The van der Waals surface area contributed by atoms with E-state index in [0.29, 0.717) is 18.3 Å². The summed E-state index contributed by atoms with van der Waals surface area (Å²) in [6.07, 6.45) is 3.02. The fourth-order valence-electron chi connectivity index (χ4n) is 2.74. The summed E-state index contributed by atoms with van der Waals surface area (Å²) in [6.45, 7) is 6.95. The summed E-state index contributed by atoms with van der Waals surface area (Å²) in [5, 5.41) is 8.39. The maximum atomic E-state index is 5.59. The van der Waals surface area contributed by atoms with Gasteiger partial charge in [0.1, 0.15) is 6.04 Å². The molecule has 2 aromatic heterocycles. The molecule has 114 valence electrons. The Kier molecular flexibility index (Phi) is 4.03. The van der Waals surface area contributed by atoms with Crippen molar-refractivity contribution in [3.8, 4) is 0 Å². The van der Waals surface area contributed by atoms with Gasteiger partial charge in [0.25, 0.3) is 0 Å². The summed E-state index contributed by atoms with van der Waals surface area (Å²) in [7, 11) is 1.96. The van der Waals surface area contributed by atoms with Crippen molar-refractivity contribution in [2.75, 3.05) is 19.8 Å². The van der Waals surface area contributed by atoms with Gasteiger partial charge in [0.2, 0.25) is 5.89 Å². The van der Waals surface area contributed by atoms with Crippen molar-refractivity contribution >= 4 is 0 Å². The van der Waals surface area contributed by atoms with Gasteiger partial charge in [0.15, 0.2) is 5.82 Å². The Balaban J connectivity index is 1.81. The molecule has 0 amide bonds. The molecule has 21 heavy (non-hydrogen) atoms. The monoisotopic (exact) mass is 291 g/mol. The number of nitrogens with zero attached hydrogens (tertiary/aromatic N) is 5. The van der Waals surface area contributed by atoms with E-state index in [1.165, 1.54) is 5.56 Å². The van der Waals surface area contributed by atoms with Crippen molar-refractivity contribution in [1.29, 1.82) is 0 Å². The molecule has 1 aliphatic heterocycles. The van der Waals surface area contributed by atoms with Crippen LogP contribution in [0.15, 0.2) is 10.7 Å².